The lowest BCUT2D eigenvalue weighted by atomic mass is 9.94. The number of aryl methyl sites for hydroxylation is 1. The average Bonchev–Trinajstić information content (AvgIpc) is 3.14. The predicted molar refractivity (Wildman–Crippen MR) is 110 cm³/mol. The fraction of sp³-hybridized carbons (Fsp3) is 0.524. The zero-order valence-electron chi connectivity index (χ0n) is 18.2. The van der Waals surface area contributed by atoms with E-state index in [2.05, 4.69) is 5.10 Å². The molecule has 7 nitrogen and oxygen atoms in total. The predicted octanol–water partition coefficient (Wildman–Crippen LogP) is 3.51. The second kappa shape index (κ2) is 7.87. The molecule has 0 spiro atoms. The number of carbonyl (C=O) groups is 1. The van der Waals surface area contributed by atoms with Crippen LogP contribution in [0.2, 0.25) is 0 Å². The number of halogens is 3. The van der Waals surface area contributed by atoms with Gasteiger partial charge in [0.2, 0.25) is 5.91 Å². The van der Waals surface area contributed by atoms with Gasteiger partial charge in [-0.3, -0.25) is 9.48 Å². The maximum Gasteiger partial charge on any atom is 0.435 e. The Kier molecular flexibility index (Phi) is 5.97. The minimum atomic E-state index is -4.76. The number of nitrogens with zero attached hydrogens (tertiary/aromatic N) is 2. The Bertz CT molecular complexity index is 1140. The summed E-state index contributed by atoms with van der Waals surface area (Å²) in [6.45, 7) is 6.03. The zero-order chi connectivity index (χ0) is 24.1. The van der Waals surface area contributed by atoms with E-state index in [1.807, 2.05) is 0 Å². The molecule has 1 fully saturated rings. The van der Waals surface area contributed by atoms with Crippen LogP contribution in [-0.4, -0.2) is 35.5 Å². The summed E-state index contributed by atoms with van der Waals surface area (Å²) < 4.78 is 72.5. The first-order valence-corrected chi connectivity index (χ1v) is 11.5. The molecule has 2 aromatic rings. The third-order valence-corrected chi connectivity index (χ3v) is 8.55. The summed E-state index contributed by atoms with van der Waals surface area (Å²) >= 11 is 0. The summed E-state index contributed by atoms with van der Waals surface area (Å²) in [7, 11) is -3.83. The molecule has 3 rings (SSSR count). The molecule has 2 atom stereocenters. The van der Waals surface area contributed by atoms with Gasteiger partial charge in [0.05, 0.1) is 15.3 Å². The van der Waals surface area contributed by atoms with E-state index in [9.17, 15) is 26.4 Å². The summed E-state index contributed by atoms with van der Waals surface area (Å²) in [5.74, 6) is -0.887. The number of alkyl halides is 3. The number of carbonyl (C=O) groups excluding carboxylic acids is 1. The van der Waals surface area contributed by atoms with Gasteiger partial charge in [-0.05, 0) is 64.3 Å². The van der Waals surface area contributed by atoms with Crippen LogP contribution in [0.1, 0.15) is 56.7 Å². The molecule has 11 heteroatoms. The Balaban J connectivity index is 2.08. The van der Waals surface area contributed by atoms with Crippen LogP contribution in [-0.2, 0) is 31.1 Å². The molecule has 1 saturated heterocycles. The molecule has 2 unspecified atom stereocenters. The van der Waals surface area contributed by atoms with Crippen LogP contribution >= 0.6 is 0 Å². The van der Waals surface area contributed by atoms with Gasteiger partial charge in [0, 0.05) is 6.61 Å². The van der Waals surface area contributed by atoms with Crippen molar-refractivity contribution >= 4 is 15.7 Å². The Labute approximate surface area is 184 Å². The van der Waals surface area contributed by atoms with Crippen molar-refractivity contribution in [3.63, 3.8) is 0 Å². The summed E-state index contributed by atoms with van der Waals surface area (Å²) in [6.07, 6.45) is -5.74. The molecule has 0 radical (unpaired) electrons. The monoisotopic (exact) mass is 473 g/mol. The summed E-state index contributed by atoms with van der Waals surface area (Å²) in [5, 5.41) is 3.59. The van der Waals surface area contributed by atoms with Crippen molar-refractivity contribution in [3.8, 4) is 0 Å². The quantitative estimate of drug-likeness (QED) is 0.716. The van der Waals surface area contributed by atoms with Crippen molar-refractivity contribution < 1.29 is 31.1 Å². The van der Waals surface area contributed by atoms with Crippen LogP contribution < -0.4 is 5.73 Å². The maximum absolute atomic E-state index is 13.5. The van der Waals surface area contributed by atoms with Gasteiger partial charge >= 0.3 is 6.18 Å². The van der Waals surface area contributed by atoms with Crippen LogP contribution in [0.25, 0.3) is 0 Å². The van der Waals surface area contributed by atoms with Gasteiger partial charge in [0.25, 0.3) is 0 Å². The minimum absolute atomic E-state index is 0.00967. The minimum Gasteiger partial charge on any atom is -0.372 e. The third-order valence-electron chi connectivity index (χ3n) is 6.01. The lowest BCUT2D eigenvalue weighted by Crippen LogP contribution is -2.45. The van der Waals surface area contributed by atoms with Crippen molar-refractivity contribution in [2.45, 2.75) is 68.0 Å². The largest absolute Gasteiger partial charge is 0.435 e. The van der Waals surface area contributed by atoms with E-state index in [1.54, 1.807) is 32.0 Å². The standard InChI is InChI=1S/C21H26F3N3O4S/c1-13-6-5-7-14(10-13)32(29,30)20(4)8-9-31-16(12-20)15-11-17(21(22,23)24)26-27(15)19(2,3)18(25)28/h5-7,10-11,16H,8-9,12H2,1-4H3,(H2,25,28). The van der Waals surface area contributed by atoms with Crippen molar-refractivity contribution in [1.82, 2.24) is 9.78 Å². The highest BCUT2D eigenvalue weighted by Gasteiger charge is 2.48. The topological polar surface area (TPSA) is 104 Å². The number of rotatable bonds is 5. The van der Waals surface area contributed by atoms with E-state index in [0.29, 0.717) is 0 Å². The van der Waals surface area contributed by atoms with E-state index in [4.69, 9.17) is 10.5 Å². The molecule has 32 heavy (non-hydrogen) atoms. The van der Waals surface area contributed by atoms with Crippen molar-refractivity contribution in [2.75, 3.05) is 6.61 Å². The van der Waals surface area contributed by atoms with Gasteiger partial charge in [-0.25, -0.2) is 8.42 Å². The Morgan fingerprint density at radius 1 is 1.28 bits per heavy atom. The van der Waals surface area contributed by atoms with Gasteiger partial charge < -0.3 is 10.5 Å². The molecule has 1 aliphatic rings. The van der Waals surface area contributed by atoms with Crippen LogP contribution in [0.5, 0.6) is 0 Å². The fourth-order valence-electron chi connectivity index (χ4n) is 3.79. The fourth-order valence-corrected chi connectivity index (χ4v) is 5.68. The van der Waals surface area contributed by atoms with Gasteiger partial charge in [-0.1, -0.05) is 12.1 Å². The number of nitrogens with two attached hydrogens (primary N) is 1. The number of benzene rings is 1. The number of ether oxygens (including phenoxy) is 1. The zero-order valence-corrected chi connectivity index (χ0v) is 19.0. The lowest BCUT2D eigenvalue weighted by molar-refractivity contribution is -0.142. The molecule has 0 bridgehead atoms. The van der Waals surface area contributed by atoms with Crippen LogP contribution in [0, 0.1) is 6.92 Å². The number of sulfone groups is 1. The molecule has 176 valence electrons. The molecule has 1 aliphatic heterocycles. The van der Waals surface area contributed by atoms with Crippen molar-refractivity contribution in [1.29, 1.82) is 0 Å². The Morgan fingerprint density at radius 2 is 1.94 bits per heavy atom. The van der Waals surface area contributed by atoms with Gasteiger partial charge in [-0.2, -0.15) is 18.3 Å². The van der Waals surface area contributed by atoms with Crippen molar-refractivity contribution in [3.05, 3.63) is 47.3 Å². The highest BCUT2D eigenvalue weighted by molar-refractivity contribution is 7.92. The van der Waals surface area contributed by atoms with Gasteiger partial charge in [0.15, 0.2) is 15.5 Å². The smallest absolute Gasteiger partial charge is 0.372 e. The molecule has 2 heterocycles. The number of amides is 1. The number of hydrogen-bond donors (Lipinski definition) is 1. The van der Waals surface area contributed by atoms with Gasteiger partial charge in [0.1, 0.15) is 11.6 Å². The number of aromatic nitrogens is 2. The third kappa shape index (κ3) is 4.15. The molecular weight excluding hydrogens is 447 g/mol. The molecule has 2 N–H and O–H groups in total. The second-order valence-corrected chi connectivity index (χ2v) is 11.3. The Hall–Kier alpha value is -2.40. The van der Waals surface area contributed by atoms with Crippen LogP contribution in [0.3, 0.4) is 0 Å². The summed E-state index contributed by atoms with van der Waals surface area (Å²) in [6, 6.07) is 7.27. The second-order valence-electron chi connectivity index (χ2n) is 8.87. The molecule has 0 saturated carbocycles. The highest BCUT2D eigenvalue weighted by Crippen LogP contribution is 2.43. The van der Waals surface area contributed by atoms with Gasteiger partial charge in [-0.15, -0.1) is 0 Å². The molecule has 0 aliphatic carbocycles. The van der Waals surface area contributed by atoms with E-state index < -0.39 is 44.0 Å². The van der Waals surface area contributed by atoms with E-state index in [-0.39, 0.29) is 30.0 Å². The van der Waals surface area contributed by atoms with E-state index in [0.717, 1.165) is 16.3 Å². The van der Waals surface area contributed by atoms with E-state index in [1.165, 1.54) is 19.9 Å². The SMILES string of the molecule is Cc1cccc(S(=O)(=O)C2(C)CCOC(c3cc(C(F)(F)F)nn3C(C)(C)C(N)=O)C2)c1. The first-order chi connectivity index (χ1) is 14.6. The molecule has 1 amide bonds. The maximum atomic E-state index is 13.5. The van der Waals surface area contributed by atoms with Crippen molar-refractivity contribution in [2.24, 2.45) is 5.73 Å². The number of hydrogen-bond acceptors (Lipinski definition) is 5. The normalized spacial score (nSPS) is 22.7. The van der Waals surface area contributed by atoms with E-state index >= 15 is 0 Å². The lowest BCUT2D eigenvalue weighted by Gasteiger charge is -2.38. The molecule has 1 aromatic carbocycles. The number of primary amides is 1. The molecule has 1 aromatic heterocycles. The Morgan fingerprint density at radius 3 is 2.50 bits per heavy atom. The van der Waals surface area contributed by atoms with Crippen LogP contribution in [0.4, 0.5) is 13.2 Å². The average molecular weight is 474 g/mol. The van der Waals surface area contributed by atoms with Crippen LogP contribution in [0.15, 0.2) is 35.2 Å². The molecular formula is C21H26F3N3O4S. The summed E-state index contributed by atoms with van der Waals surface area (Å²) in [4.78, 5) is 12.1. The highest BCUT2D eigenvalue weighted by atomic mass is 32.2. The first-order valence-electron chi connectivity index (χ1n) is 10.00. The summed E-state index contributed by atoms with van der Waals surface area (Å²) in [5.41, 5.74) is 3.34. The first kappa shape index (κ1) is 24.2.